The number of aromatic nitrogens is 2. The molecule has 1 fully saturated rings. The molecule has 1 N–H and O–H groups in total. The molecule has 1 aliphatic heterocycles. The van der Waals surface area contributed by atoms with Crippen LogP contribution in [0, 0.1) is 0 Å². The third-order valence-corrected chi connectivity index (χ3v) is 2.59. The smallest absolute Gasteiger partial charge is 0.376 e. The second-order valence-corrected chi connectivity index (χ2v) is 3.92. The summed E-state index contributed by atoms with van der Waals surface area (Å²) in [4.78, 5) is 31.6. The first-order valence-corrected chi connectivity index (χ1v) is 5.77. The number of hydrogen-bond acceptors (Lipinski definition) is 6. The van der Waals surface area contributed by atoms with E-state index in [9.17, 15) is 9.59 Å². The number of carbonyl (C=O) groups is 2. The molecule has 1 aromatic heterocycles. The quantitative estimate of drug-likeness (QED) is 0.602. The highest BCUT2D eigenvalue weighted by atomic mass is 16.5. The number of anilines is 1. The summed E-state index contributed by atoms with van der Waals surface area (Å²) in [5.41, 5.74) is 0.576. The minimum atomic E-state index is -1.48. The summed E-state index contributed by atoms with van der Waals surface area (Å²) in [5.74, 6) is -1.86. The van der Waals surface area contributed by atoms with E-state index in [-0.39, 0.29) is 0 Å². The second kappa shape index (κ2) is 6.05. The predicted molar refractivity (Wildman–Crippen MR) is 66.7 cm³/mol. The third kappa shape index (κ3) is 3.59. The van der Waals surface area contributed by atoms with E-state index in [1.54, 1.807) is 12.4 Å². The Bertz CT molecular complexity index is 492. The lowest BCUT2D eigenvalue weighted by molar-refractivity contribution is -0.146. The molecule has 1 saturated heterocycles. The van der Waals surface area contributed by atoms with Crippen molar-refractivity contribution >= 4 is 23.8 Å². The molecule has 0 bridgehead atoms. The van der Waals surface area contributed by atoms with Crippen molar-refractivity contribution in [1.29, 1.82) is 0 Å². The molecule has 0 spiro atoms. The highest BCUT2D eigenvalue weighted by molar-refractivity contribution is 6.38. The monoisotopic (exact) mass is 263 g/mol. The van der Waals surface area contributed by atoms with E-state index in [0.717, 1.165) is 19.2 Å². The molecular weight excluding hydrogens is 250 g/mol. The maximum absolute atomic E-state index is 10.9. The van der Waals surface area contributed by atoms with Gasteiger partial charge in [0.1, 0.15) is 0 Å². The molecule has 19 heavy (non-hydrogen) atoms. The predicted octanol–water partition coefficient (Wildman–Crippen LogP) is -0.0199. The van der Waals surface area contributed by atoms with E-state index in [1.165, 1.54) is 6.08 Å². The number of hydrogen-bond donors (Lipinski definition) is 1. The lowest BCUT2D eigenvalue weighted by Crippen LogP contribution is -2.37. The van der Waals surface area contributed by atoms with Crippen LogP contribution in [0.1, 0.15) is 5.56 Å². The first kappa shape index (κ1) is 13.2. The van der Waals surface area contributed by atoms with Gasteiger partial charge in [-0.2, -0.15) is 0 Å². The van der Waals surface area contributed by atoms with Gasteiger partial charge < -0.3 is 14.7 Å². The summed E-state index contributed by atoms with van der Waals surface area (Å²) in [6.45, 7) is 2.79. The fourth-order valence-electron chi connectivity index (χ4n) is 1.59. The Morgan fingerprint density at radius 2 is 1.89 bits per heavy atom. The molecule has 7 nitrogen and oxygen atoms in total. The van der Waals surface area contributed by atoms with Gasteiger partial charge in [-0.25, -0.2) is 14.8 Å². The highest BCUT2D eigenvalue weighted by Crippen LogP contribution is 2.09. The van der Waals surface area contributed by atoms with E-state index >= 15 is 0 Å². The number of rotatable bonds is 4. The molecule has 0 aromatic carbocycles. The lowest BCUT2D eigenvalue weighted by atomic mass is 10.2. The van der Waals surface area contributed by atoms with Gasteiger partial charge in [-0.3, -0.25) is 4.79 Å². The normalized spacial score (nSPS) is 15.7. The first-order chi connectivity index (χ1) is 9.16. The molecule has 0 amide bonds. The minimum Gasteiger partial charge on any atom is -0.475 e. The Labute approximate surface area is 109 Å². The van der Waals surface area contributed by atoms with Crippen molar-refractivity contribution in [2.24, 2.45) is 0 Å². The summed E-state index contributed by atoms with van der Waals surface area (Å²) in [5, 5.41) is 8.42. The van der Waals surface area contributed by atoms with Crippen molar-refractivity contribution in [3.63, 3.8) is 0 Å². The topological polar surface area (TPSA) is 92.6 Å². The Morgan fingerprint density at radius 3 is 2.47 bits per heavy atom. The molecule has 0 radical (unpaired) electrons. The van der Waals surface area contributed by atoms with Crippen LogP contribution in [0.3, 0.4) is 0 Å². The van der Waals surface area contributed by atoms with Crippen LogP contribution >= 0.6 is 0 Å². The summed E-state index contributed by atoms with van der Waals surface area (Å²) in [6, 6.07) is 0. The van der Waals surface area contributed by atoms with Crippen molar-refractivity contribution in [2.45, 2.75) is 0 Å². The van der Waals surface area contributed by atoms with Crippen molar-refractivity contribution in [1.82, 2.24) is 9.97 Å². The summed E-state index contributed by atoms with van der Waals surface area (Å²) in [7, 11) is 0. The molecule has 2 heterocycles. The van der Waals surface area contributed by atoms with E-state index < -0.39 is 11.8 Å². The lowest BCUT2D eigenvalue weighted by Gasteiger charge is -2.26. The van der Waals surface area contributed by atoms with Crippen LogP contribution in [0.25, 0.3) is 6.08 Å². The minimum absolute atomic E-state index is 0.576. The number of morpholine rings is 1. The maximum atomic E-state index is 10.9. The molecule has 100 valence electrons. The van der Waals surface area contributed by atoms with Crippen LogP contribution in [0.5, 0.6) is 0 Å². The average molecular weight is 263 g/mol. The van der Waals surface area contributed by atoms with Crippen LogP contribution < -0.4 is 4.90 Å². The van der Waals surface area contributed by atoms with Crippen LogP contribution in [0.4, 0.5) is 5.95 Å². The fraction of sp³-hybridized carbons (Fsp3) is 0.333. The van der Waals surface area contributed by atoms with Gasteiger partial charge in [-0.1, -0.05) is 0 Å². The summed E-state index contributed by atoms with van der Waals surface area (Å²) < 4.78 is 5.23. The van der Waals surface area contributed by atoms with Crippen LogP contribution in [-0.2, 0) is 14.3 Å². The maximum Gasteiger partial charge on any atom is 0.376 e. The molecule has 0 aliphatic carbocycles. The van der Waals surface area contributed by atoms with E-state index in [4.69, 9.17) is 9.84 Å². The number of ether oxygens (including phenoxy) is 1. The standard InChI is InChI=1S/C12H13N3O4/c16-10(11(17)18)2-1-9-7-13-12(14-8-9)15-3-5-19-6-4-15/h1-2,7-8H,3-6H2,(H,17,18)/b2-1+. The van der Waals surface area contributed by atoms with Gasteiger partial charge in [0, 0.05) is 31.0 Å². The van der Waals surface area contributed by atoms with E-state index in [1.807, 2.05) is 4.90 Å². The van der Waals surface area contributed by atoms with Crippen LogP contribution in [0.2, 0.25) is 0 Å². The molecule has 0 atom stereocenters. The Morgan fingerprint density at radius 1 is 1.26 bits per heavy atom. The first-order valence-electron chi connectivity index (χ1n) is 5.77. The van der Waals surface area contributed by atoms with Gasteiger partial charge in [0.15, 0.2) is 0 Å². The number of carbonyl (C=O) groups excluding carboxylic acids is 1. The van der Waals surface area contributed by atoms with Gasteiger partial charge in [0.2, 0.25) is 5.95 Å². The SMILES string of the molecule is O=C(O)C(=O)/C=C/c1cnc(N2CCOCC2)nc1. The average Bonchev–Trinajstić information content (AvgIpc) is 2.46. The van der Waals surface area contributed by atoms with Crippen LogP contribution in [0.15, 0.2) is 18.5 Å². The molecule has 7 heteroatoms. The fourth-order valence-corrected chi connectivity index (χ4v) is 1.59. The Hall–Kier alpha value is -2.28. The van der Waals surface area contributed by atoms with Crippen molar-refractivity contribution in [3.05, 3.63) is 24.0 Å². The zero-order valence-corrected chi connectivity index (χ0v) is 10.2. The van der Waals surface area contributed by atoms with Gasteiger partial charge in [-0.15, -0.1) is 0 Å². The molecule has 0 saturated carbocycles. The van der Waals surface area contributed by atoms with Crippen molar-refractivity contribution in [2.75, 3.05) is 31.2 Å². The number of nitrogens with zero attached hydrogens (tertiary/aromatic N) is 3. The van der Waals surface area contributed by atoms with Gasteiger partial charge in [0.05, 0.1) is 13.2 Å². The molecule has 1 aliphatic rings. The van der Waals surface area contributed by atoms with Gasteiger partial charge in [-0.05, 0) is 12.2 Å². The number of aliphatic carboxylic acids is 1. The number of ketones is 1. The van der Waals surface area contributed by atoms with E-state index in [2.05, 4.69) is 9.97 Å². The van der Waals surface area contributed by atoms with Gasteiger partial charge >= 0.3 is 5.97 Å². The molecule has 1 aromatic rings. The van der Waals surface area contributed by atoms with Crippen molar-refractivity contribution in [3.8, 4) is 0 Å². The largest absolute Gasteiger partial charge is 0.475 e. The van der Waals surface area contributed by atoms with Gasteiger partial charge in [0.25, 0.3) is 5.78 Å². The molecule has 0 unspecified atom stereocenters. The highest BCUT2D eigenvalue weighted by Gasteiger charge is 2.13. The Balaban J connectivity index is 2.01. The Kier molecular flexibility index (Phi) is 4.19. The van der Waals surface area contributed by atoms with Crippen molar-refractivity contribution < 1.29 is 19.4 Å². The van der Waals surface area contributed by atoms with E-state index in [0.29, 0.717) is 24.7 Å². The van der Waals surface area contributed by atoms with Crippen LogP contribution in [-0.4, -0.2) is 53.1 Å². The number of carboxylic acids is 1. The zero-order chi connectivity index (χ0) is 13.7. The summed E-state index contributed by atoms with van der Waals surface area (Å²) >= 11 is 0. The second-order valence-electron chi connectivity index (χ2n) is 3.92. The summed E-state index contributed by atoms with van der Waals surface area (Å²) in [6.07, 6.45) is 5.45. The molecular formula is C12H13N3O4. The third-order valence-electron chi connectivity index (χ3n) is 2.59. The molecule has 2 rings (SSSR count). The number of carboxylic acid groups (broad SMARTS) is 1. The zero-order valence-electron chi connectivity index (χ0n) is 10.2.